The number of methoxy groups -OCH3 is 1. The summed E-state index contributed by atoms with van der Waals surface area (Å²) in [6.45, 7) is 0. The SMILES string of the molecule is COc1ccc(Cl)cc1C(NN)c1ccc(Cl)o1. The molecule has 0 amide bonds. The van der Waals surface area contributed by atoms with Gasteiger partial charge in [0.15, 0.2) is 5.22 Å². The largest absolute Gasteiger partial charge is 0.496 e. The van der Waals surface area contributed by atoms with Crippen LogP contribution in [0.15, 0.2) is 34.7 Å². The van der Waals surface area contributed by atoms with E-state index in [0.717, 1.165) is 5.56 Å². The molecule has 1 aromatic heterocycles. The van der Waals surface area contributed by atoms with Crippen molar-refractivity contribution in [3.8, 4) is 5.75 Å². The molecule has 96 valence electrons. The first-order valence-electron chi connectivity index (χ1n) is 5.20. The van der Waals surface area contributed by atoms with Crippen LogP contribution in [-0.2, 0) is 0 Å². The molecule has 3 N–H and O–H groups in total. The molecule has 6 heteroatoms. The van der Waals surface area contributed by atoms with Crippen molar-refractivity contribution >= 4 is 23.2 Å². The predicted octanol–water partition coefficient (Wildman–Crippen LogP) is 3.15. The summed E-state index contributed by atoms with van der Waals surface area (Å²) in [6.07, 6.45) is 0. The average molecular weight is 287 g/mol. The lowest BCUT2D eigenvalue weighted by Gasteiger charge is -2.17. The number of hydrogen-bond acceptors (Lipinski definition) is 4. The van der Waals surface area contributed by atoms with Crippen molar-refractivity contribution in [3.63, 3.8) is 0 Å². The number of nitrogens with two attached hydrogens (primary N) is 1. The zero-order valence-electron chi connectivity index (χ0n) is 9.61. The molecule has 1 unspecified atom stereocenters. The van der Waals surface area contributed by atoms with Gasteiger partial charge in [0.25, 0.3) is 0 Å². The molecule has 1 heterocycles. The summed E-state index contributed by atoms with van der Waals surface area (Å²) in [7, 11) is 1.58. The van der Waals surface area contributed by atoms with Gasteiger partial charge in [-0.3, -0.25) is 5.84 Å². The lowest BCUT2D eigenvalue weighted by atomic mass is 10.0. The molecule has 0 fully saturated rings. The van der Waals surface area contributed by atoms with Gasteiger partial charge in [0, 0.05) is 10.6 Å². The molecule has 2 aromatic rings. The Labute approximate surface area is 115 Å². The lowest BCUT2D eigenvalue weighted by Crippen LogP contribution is -2.28. The minimum absolute atomic E-state index is 0.297. The molecule has 0 aliphatic rings. The van der Waals surface area contributed by atoms with E-state index in [4.69, 9.17) is 38.2 Å². The first kappa shape index (κ1) is 13.2. The second-order valence-electron chi connectivity index (χ2n) is 3.63. The van der Waals surface area contributed by atoms with E-state index in [1.165, 1.54) is 0 Å². The maximum absolute atomic E-state index is 5.99. The Morgan fingerprint density at radius 3 is 2.61 bits per heavy atom. The molecular weight excluding hydrogens is 275 g/mol. The zero-order chi connectivity index (χ0) is 13.1. The van der Waals surface area contributed by atoms with Gasteiger partial charge in [-0.15, -0.1) is 0 Å². The molecule has 0 saturated carbocycles. The third-order valence-corrected chi connectivity index (χ3v) is 2.99. The molecular formula is C12H12Cl2N2O2. The third-order valence-electron chi connectivity index (χ3n) is 2.55. The Morgan fingerprint density at radius 2 is 2.06 bits per heavy atom. The Balaban J connectivity index is 2.47. The molecule has 0 spiro atoms. The van der Waals surface area contributed by atoms with Crippen LogP contribution < -0.4 is 16.0 Å². The van der Waals surface area contributed by atoms with Gasteiger partial charge in [-0.25, -0.2) is 5.43 Å². The van der Waals surface area contributed by atoms with Gasteiger partial charge < -0.3 is 9.15 Å². The standard InChI is InChI=1S/C12H12Cl2N2O2/c1-17-9-3-2-7(13)6-8(9)12(16-15)10-4-5-11(14)18-10/h2-6,12,16H,15H2,1H3. The van der Waals surface area contributed by atoms with Crippen LogP contribution in [0, 0.1) is 0 Å². The van der Waals surface area contributed by atoms with Gasteiger partial charge in [-0.1, -0.05) is 11.6 Å². The summed E-state index contributed by atoms with van der Waals surface area (Å²) in [6, 6.07) is 8.29. The molecule has 4 nitrogen and oxygen atoms in total. The number of nitrogens with one attached hydrogen (secondary N) is 1. The molecule has 1 aromatic carbocycles. The van der Waals surface area contributed by atoms with Crippen LogP contribution in [0.3, 0.4) is 0 Å². The summed E-state index contributed by atoms with van der Waals surface area (Å²) in [4.78, 5) is 0. The summed E-state index contributed by atoms with van der Waals surface area (Å²) >= 11 is 11.7. The van der Waals surface area contributed by atoms with Crippen LogP contribution in [0.4, 0.5) is 0 Å². The van der Waals surface area contributed by atoms with E-state index >= 15 is 0 Å². The van der Waals surface area contributed by atoms with Gasteiger partial charge in [-0.2, -0.15) is 0 Å². The summed E-state index contributed by atoms with van der Waals surface area (Å²) in [5, 5.41) is 0.884. The zero-order valence-corrected chi connectivity index (χ0v) is 11.1. The number of hydrogen-bond donors (Lipinski definition) is 2. The predicted molar refractivity (Wildman–Crippen MR) is 70.9 cm³/mol. The van der Waals surface area contributed by atoms with E-state index in [2.05, 4.69) is 5.43 Å². The molecule has 0 saturated heterocycles. The lowest BCUT2D eigenvalue weighted by molar-refractivity contribution is 0.394. The van der Waals surface area contributed by atoms with Gasteiger partial charge in [0.1, 0.15) is 17.6 Å². The van der Waals surface area contributed by atoms with Crippen molar-refractivity contribution in [3.05, 3.63) is 51.9 Å². The minimum atomic E-state index is -0.383. The van der Waals surface area contributed by atoms with Gasteiger partial charge in [-0.05, 0) is 41.9 Å². The van der Waals surface area contributed by atoms with Crippen molar-refractivity contribution in [2.45, 2.75) is 6.04 Å². The second kappa shape index (κ2) is 5.63. The van der Waals surface area contributed by atoms with E-state index in [0.29, 0.717) is 21.8 Å². The molecule has 2 rings (SSSR count). The van der Waals surface area contributed by atoms with Crippen LogP contribution in [-0.4, -0.2) is 7.11 Å². The highest BCUT2D eigenvalue weighted by Gasteiger charge is 2.20. The molecule has 1 atom stereocenters. The maximum atomic E-state index is 5.99. The fourth-order valence-corrected chi connectivity index (χ4v) is 2.07. The highest BCUT2D eigenvalue weighted by atomic mass is 35.5. The molecule has 0 aliphatic heterocycles. The summed E-state index contributed by atoms with van der Waals surface area (Å²) in [5.74, 6) is 6.82. The first-order chi connectivity index (χ1) is 8.65. The number of halogens is 2. The van der Waals surface area contributed by atoms with E-state index in [9.17, 15) is 0 Å². The Bertz CT molecular complexity index is 543. The Hall–Kier alpha value is -1.20. The fraction of sp³-hybridized carbons (Fsp3) is 0.167. The van der Waals surface area contributed by atoms with Crippen molar-refractivity contribution in [2.24, 2.45) is 5.84 Å². The number of rotatable bonds is 4. The maximum Gasteiger partial charge on any atom is 0.193 e. The van der Waals surface area contributed by atoms with Crippen molar-refractivity contribution in [1.29, 1.82) is 0 Å². The topological polar surface area (TPSA) is 60.4 Å². The molecule has 0 aliphatic carbocycles. The Kier molecular flexibility index (Phi) is 4.14. The summed E-state index contributed by atoms with van der Waals surface area (Å²) < 4.78 is 10.6. The first-order valence-corrected chi connectivity index (χ1v) is 5.96. The molecule has 0 radical (unpaired) electrons. The normalized spacial score (nSPS) is 12.4. The highest BCUT2D eigenvalue weighted by molar-refractivity contribution is 6.30. The van der Waals surface area contributed by atoms with Gasteiger partial charge >= 0.3 is 0 Å². The highest BCUT2D eigenvalue weighted by Crippen LogP contribution is 2.33. The van der Waals surface area contributed by atoms with Gasteiger partial charge in [0.05, 0.1) is 7.11 Å². The van der Waals surface area contributed by atoms with E-state index in [1.807, 2.05) is 0 Å². The Morgan fingerprint density at radius 1 is 1.28 bits per heavy atom. The monoisotopic (exact) mass is 286 g/mol. The number of ether oxygens (including phenoxy) is 1. The smallest absolute Gasteiger partial charge is 0.193 e. The average Bonchev–Trinajstić information content (AvgIpc) is 2.77. The fourth-order valence-electron chi connectivity index (χ4n) is 1.74. The van der Waals surface area contributed by atoms with Gasteiger partial charge in [0.2, 0.25) is 0 Å². The number of benzene rings is 1. The van der Waals surface area contributed by atoms with Crippen molar-refractivity contribution < 1.29 is 9.15 Å². The molecule has 0 bridgehead atoms. The third kappa shape index (κ3) is 2.62. The molecule has 18 heavy (non-hydrogen) atoms. The second-order valence-corrected chi connectivity index (χ2v) is 4.44. The van der Waals surface area contributed by atoms with Crippen LogP contribution in [0.1, 0.15) is 17.4 Å². The quantitative estimate of drug-likeness (QED) is 0.670. The number of hydrazine groups is 1. The van der Waals surface area contributed by atoms with Crippen LogP contribution in [0.5, 0.6) is 5.75 Å². The summed E-state index contributed by atoms with van der Waals surface area (Å²) in [5.41, 5.74) is 3.44. The number of furan rings is 1. The van der Waals surface area contributed by atoms with Crippen LogP contribution >= 0.6 is 23.2 Å². The van der Waals surface area contributed by atoms with E-state index in [1.54, 1.807) is 37.4 Å². The van der Waals surface area contributed by atoms with E-state index < -0.39 is 0 Å². The van der Waals surface area contributed by atoms with E-state index in [-0.39, 0.29) is 6.04 Å². The van der Waals surface area contributed by atoms with Crippen molar-refractivity contribution in [1.82, 2.24) is 5.43 Å². The van der Waals surface area contributed by atoms with Crippen molar-refractivity contribution in [2.75, 3.05) is 7.11 Å². The van der Waals surface area contributed by atoms with Crippen LogP contribution in [0.2, 0.25) is 10.2 Å². The van der Waals surface area contributed by atoms with Crippen LogP contribution in [0.25, 0.3) is 0 Å². The minimum Gasteiger partial charge on any atom is -0.496 e.